The van der Waals surface area contributed by atoms with E-state index in [1.54, 1.807) is 12.1 Å². The Morgan fingerprint density at radius 3 is 2.31 bits per heavy atom. The highest BCUT2D eigenvalue weighted by Gasteiger charge is 2.20. The summed E-state index contributed by atoms with van der Waals surface area (Å²) in [5.41, 5.74) is 6.65. The maximum Gasteiger partial charge on any atom is 0.299 e. The number of hydrogen-bond donors (Lipinski definition) is 1. The number of hydrogen-bond acceptors (Lipinski definition) is 3. The third-order valence-electron chi connectivity index (χ3n) is 1.78. The van der Waals surface area contributed by atoms with Gasteiger partial charge >= 0.3 is 0 Å². The number of azo groups is 1. The van der Waals surface area contributed by atoms with Crippen LogP contribution in [0.5, 0.6) is 0 Å². The predicted octanol–water partition coefficient (Wildman–Crippen LogP) is 1.31. The van der Waals surface area contributed by atoms with Crippen LogP contribution in [0.2, 0.25) is 0 Å². The van der Waals surface area contributed by atoms with Crippen molar-refractivity contribution in [3.8, 4) is 0 Å². The van der Waals surface area contributed by atoms with E-state index in [9.17, 15) is 4.79 Å². The number of nitrogens with two attached hydrogens (primary N) is 1. The SMILES string of the molecule is NC1=C(c2ccccc2)C(=O)N=N1. The molecule has 1 aliphatic heterocycles. The minimum atomic E-state index is -0.372. The zero-order valence-electron chi connectivity index (χ0n) is 6.77. The molecule has 0 aromatic heterocycles. The second-order valence-corrected chi connectivity index (χ2v) is 2.63. The van der Waals surface area contributed by atoms with Crippen molar-refractivity contribution in [3.05, 3.63) is 41.7 Å². The normalized spacial score (nSPS) is 15.5. The lowest BCUT2D eigenvalue weighted by Crippen LogP contribution is -2.00. The topological polar surface area (TPSA) is 67.8 Å². The molecular formula is C9H7N3O. The van der Waals surface area contributed by atoms with Crippen molar-refractivity contribution in [2.75, 3.05) is 0 Å². The summed E-state index contributed by atoms with van der Waals surface area (Å²) in [5.74, 6) is -0.181. The van der Waals surface area contributed by atoms with Crippen LogP contribution in [0.4, 0.5) is 0 Å². The average Bonchev–Trinajstić information content (AvgIpc) is 2.48. The van der Waals surface area contributed by atoms with Crippen LogP contribution in [-0.2, 0) is 4.79 Å². The number of amides is 1. The molecule has 0 radical (unpaired) electrons. The van der Waals surface area contributed by atoms with Gasteiger partial charge in [0.25, 0.3) is 5.91 Å². The molecule has 1 aromatic rings. The Morgan fingerprint density at radius 2 is 1.77 bits per heavy atom. The summed E-state index contributed by atoms with van der Waals surface area (Å²) >= 11 is 0. The van der Waals surface area contributed by atoms with Crippen LogP contribution >= 0.6 is 0 Å². The van der Waals surface area contributed by atoms with Crippen molar-refractivity contribution in [2.24, 2.45) is 16.0 Å². The van der Waals surface area contributed by atoms with Crippen molar-refractivity contribution in [1.82, 2.24) is 0 Å². The van der Waals surface area contributed by atoms with Crippen LogP contribution < -0.4 is 5.73 Å². The molecule has 1 aromatic carbocycles. The fourth-order valence-electron chi connectivity index (χ4n) is 1.19. The Labute approximate surface area is 74.8 Å². The zero-order chi connectivity index (χ0) is 9.26. The first kappa shape index (κ1) is 7.67. The molecule has 0 bridgehead atoms. The van der Waals surface area contributed by atoms with E-state index in [4.69, 9.17) is 5.73 Å². The number of benzene rings is 1. The average molecular weight is 173 g/mol. The van der Waals surface area contributed by atoms with Gasteiger partial charge in [0.05, 0.1) is 5.57 Å². The summed E-state index contributed by atoms with van der Waals surface area (Å²) in [4.78, 5) is 11.2. The second kappa shape index (κ2) is 2.82. The van der Waals surface area contributed by atoms with E-state index in [1.165, 1.54) is 0 Å². The molecule has 1 aliphatic rings. The van der Waals surface area contributed by atoms with E-state index in [0.717, 1.165) is 5.56 Å². The molecule has 0 unspecified atom stereocenters. The van der Waals surface area contributed by atoms with Crippen LogP contribution in [0.1, 0.15) is 5.56 Å². The van der Waals surface area contributed by atoms with E-state index < -0.39 is 0 Å². The second-order valence-electron chi connectivity index (χ2n) is 2.63. The summed E-state index contributed by atoms with van der Waals surface area (Å²) in [5, 5.41) is 6.87. The Hall–Kier alpha value is -1.97. The molecule has 2 N–H and O–H groups in total. The largest absolute Gasteiger partial charge is 0.382 e. The highest BCUT2D eigenvalue weighted by Crippen LogP contribution is 2.23. The van der Waals surface area contributed by atoms with Crippen LogP contribution in [0.3, 0.4) is 0 Å². The Morgan fingerprint density at radius 1 is 1.08 bits per heavy atom. The number of rotatable bonds is 1. The maximum absolute atomic E-state index is 11.2. The van der Waals surface area contributed by atoms with Gasteiger partial charge in [-0.15, -0.1) is 10.2 Å². The first-order valence-electron chi connectivity index (χ1n) is 3.80. The molecule has 1 amide bonds. The Kier molecular flexibility index (Phi) is 1.66. The molecule has 4 heteroatoms. The third-order valence-corrected chi connectivity index (χ3v) is 1.78. The lowest BCUT2D eigenvalue weighted by molar-refractivity contribution is -0.112. The molecule has 4 nitrogen and oxygen atoms in total. The molecule has 0 saturated heterocycles. The van der Waals surface area contributed by atoms with Gasteiger partial charge in [0, 0.05) is 0 Å². The van der Waals surface area contributed by atoms with Crippen molar-refractivity contribution >= 4 is 11.5 Å². The molecule has 0 atom stereocenters. The first-order chi connectivity index (χ1) is 6.29. The molecule has 0 aliphatic carbocycles. The standard InChI is InChI=1S/C9H7N3O/c10-8-7(9(13)12-11-8)6-4-2-1-3-5-6/h1-5H,10H2. The molecule has 2 rings (SSSR count). The molecular weight excluding hydrogens is 166 g/mol. The minimum Gasteiger partial charge on any atom is -0.382 e. The third kappa shape index (κ3) is 1.22. The van der Waals surface area contributed by atoms with Crippen LogP contribution in [0.15, 0.2) is 46.4 Å². The Bertz CT molecular complexity index is 406. The van der Waals surface area contributed by atoms with Gasteiger partial charge in [0.15, 0.2) is 5.82 Å². The predicted molar refractivity (Wildman–Crippen MR) is 47.4 cm³/mol. The number of carbonyl (C=O) groups excluding carboxylic acids is 1. The van der Waals surface area contributed by atoms with Gasteiger partial charge < -0.3 is 5.73 Å². The van der Waals surface area contributed by atoms with E-state index in [2.05, 4.69) is 10.2 Å². The van der Waals surface area contributed by atoms with E-state index in [-0.39, 0.29) is 11.7 Å². The van der Waals surface area contributed by atoms with Crippen molar-refractivity contribution in [1.29, 1.82) is 0 Å². The zero-order valence-corrected chi connectivity index (χ0v) is 6.77. The molecule has 0 saturated carbocycles. The molecule has 1 heterocycles. The summed E-state index contributed by atoms with van der Waals surface area (Å²) in [6.07, 6.45) is 0. The number of nitrogens with zero attached hydrogens (tertiary/aromatic N) is 2. The van der Waals surface area contributed by atoms with Gasteiger partial charge in [-0.2, -0.15) is 0 Å². The quantitative estimate of drug-likeness (QED) is 0.695. The molecule has 64 valence electrons. The fraction of sp³-hybridized carbons (Fsp3) is 0. The van der Waals surface area contributed by atoms with Gasteiger partial charge in [-0.3, -0.25) is 4.79 Å². The van der Waals surface area contributed by atoms with Crippen molar-refractivity contribution < 1.29 is 4.79 Å². The van der Waals surface area contributed by atoms with E-state index in [0.29, 0.717) is 5.57 Å². The van der Waals surface area contributed by atoms with Crippen LogP contribution in [-0.4, -0.2) is 5.91 Å². The smallest absolute Gasteiger partial charge is 0.299 e. The monoisotopic (exact) mass is 173 g/mol. The van der Waals surface area contributed by atoms with Gasteiger partial charge in [0.1, 0.15) is 0 Å². The lowest BCUT2D eigenvalue weighted by atomic mass is 10.1. The molecule has 13 heavy (non-hydrogen) atoms. The maximum atomic E-state index is 11.2. The number of carbonyl (C=O) groups is 1. The summed E-state index contributed by atoms with van der Waals surface area (Å²) < 4.78 is 0. The van der Waals surface area contributed by atoms with Gasteiger partial charge in [-0.05, 0) is 5.56 Å². The minimum absolute atomic E-state index is 0.191. The first-order valence-corrected chi connectivity index (χ1v) is 3.80. The fourth-order valence-corrected chi connectivity index (χ4v) is 1.19. The van der Waals surface area contributed by atoms with Crippen LogP contribution in [0.25, 0.3) is 5.57 Å². The lowest BCUT2D eigenvalue weighted by Gasteiger charge is -1.98. The van der Waals surface area contributed by atoms with Gasteiger partial charge in [-0.1, -0.05) is 30.3 Å². The summed E-state index contributed by atoms with van der Waals surface area (Å²) in [6, 6.07) is 9.14. The highest BCUT2D eigenvalue weighted by atomic mass is 16.2. The van der Waals surface area contributed by atoms with Crippen molar-refractivity contribution in [3.63, 3.8) is 0 Å². The summed E-state index contributed by atoms with van der Waals surface area (Å²) in [6.45, 7) is 0. The van der Waals surface area contributed by atoms with Gasteiger partial charge in [0.2, 0.25) is 0 Å². The van der Waals surface area contributed by atoms with Gasteiger partial charge in [-0.25, -0.2) is 0 Å². The highest BCUT2D eigenvalue weighted by molar-refractivity contribution is 6.21. The van der Waals surface area contributed by atoms with Crippen LogP contribution in [0, 0.1) is 0 Å². The molecule has 0 spiro atoms. The summed E-state index contributed by atoms with van der Waals surface area (Å²) in [7, 11) is 0. The van der Waals surface area contributed by atoms with E-state index in [1.807, 2.05) is 18.2 Å². The Balaban J connectivity index is 2.50. The van der Waals surface area contributed by atoms with Crippen molar-refractivity contribution in [2.45, 2.75) is 0 Å². The van der Waals surface area contributed by atoms with E-state index >= 15 is 0 Å². The molecule has 0 fully saturated rings.